The van der Waals surface area contributed by atoms with Gasteiger partial charge in [-0.3, -0.25) is 4.79 Å². The van der Waals surface area contributed by atoms with E-state index in [0.29, 0.717) is 19.6 Å². The van der Waals surface area contributed by atoms with Crippen molar-refractivity contribution >= 4 is 28.4 Å². The monoisotopic (exact) mass is 462 g/mol. The first-order chi connectivity index (χ1) is 17.1. The fraction of sp³-hybridized carbons (Fsp3) is 0.214. The van der Waals surface area contributed by atoms with E-state index in [0.717, 1.165) is 45.0 Å². The summed E-state index contributed by atoms with van der Waals surface area (Å²) in [6, 6.07) is 25.9. The quantitative estimate of drug-likeness (QED) is 0.392. The summed E-state index contributed by atoms with van der Waals surface area (Å²) in [7, 11) is 0. The second-order valence-electron chi connectivity index (χ2n) is 9.14. The van der Waals surface area contributed by atoms with Crippen LogP contribution in [0.1, 0.15) is 22.8 Å². The number of nitrogens with zero attached hydrogens (tertiary/aromatic N) is 6. The highest BCUT2D eigenvalue weighted by atomic mass is 16.2. The van der Waals surface area contributed by atoms with E-state index in [-0.39, 0.29) is 11.9 Å². The van der Waals surface area contributed by atoms with E-state index in [1.54, 1.807) is 0 Å². The molecule has 1 amide bonds. The average Bonchev–Trinajstić information content (AvgIpc) is 3.34. The Balaban J connectivity index is 1.43. The minimum absolute atomic E-state index is 0.0266. The Morgan fingerprint density at radius 1 is 0.914 bits per heavy atom. The fourth-order valence-corrected chi connectivity index (χ4v) is 4.94. The number of fused-ring (bicyclic) bond motifs is 3. The molecule has 2 aromatic heterocycles. The van der Waals surface area contributed by atoms with Crippen molar-refractivity contribution in [3.63, 3.8) is 0 Å². The van der Waals surface area contributed by atoms with Crippen molar-refractivity contribution in [1.29, 1.82) is 0 Å². The highest BCUT2D eigenvalue weighted by Crippen LogP contribution is 2.30. The van der Waals surface area contributed by atoms with Gasteiger partial charge in [0, 0.05) is 42.2 Å². The molecule has 1 aliphatic heterocycles. The molecule has 0 radical (unpaired) electrons. The molecule has 3 heterocycles. The number of aryl methyl sites for hydroxylation is 1. The van der Waals surface area contributed by atoms with E-state index in [1.165, 1.54) is 0 Å². The number of para-hydroxylation sites is 1. The third kappa shape index (κ3) is 3.69. The Labute approximate surface area is 203 Å². The van der Waals surface area contributed by atoms with E-state index >= 15 is 0 Å². The van der Waals surface area contributed by atoms with Crippen LogP contribution in [-0.2, 0) is 0 Å². The van der Waals surface area contributed by atoms with Crippen molar-refractivity contribution < 1.29 is 4.79 Å². The van der Waals surface area contributed by atoms with Gasteiger partial charge < -0.3 is 9.80 Å². The molecule has 1 fully saturated rings. The highest BCUT2D eigenvalue weighted by Gasteiger charge is 2.31. The summed E-state index contributed by atoms with van der Waals surface area (Å²) in [5, 5.41) is 10.2. The van der Waals surface area contributed by atoms with Crippen molar-refractivity contribution in [2.75, 3.05) is 24.5 Å². The molecule has 1 aliphatic rings. The van der Waals surface area contributed by atoms with Crippen LogP contribution in [-0.4, -0.2) is 56.1 Å². The fourth-order valence-electron chi connectivity index (χ4n) is 4.94. The van der Waals surface area contributed by atoms with Gasteiger partial charge in [-0.1, -0.05) is 54.1 Å². The second kappa shape index (κ2) is 8.51. The zero-order valence-electron chi connectivity index (χ0n) is 19.8. The lowest BCUT2D eigenvalue weighted by atomic mass is 10.1. The van der Waals surface area contributed by atoms with E-state index in [2.05, 4.69) is 51.5 Å². The molecule has 1 atom stereocenters. The van der Waals surface area contributed by atoms with E-state index in [9.17, 15) is 4.79 Å². The lowest BCUT2D eigenvalue weighted by Gasteiger charge is -2.40. The molecule has 0 spiro atoms. The number of amides is 1. The third-order valence-corrected chi connectivity index (χ3v) is 6.70. The molecule has 0 unspecified atom stereocenters. The van der Waals surface area contributed by atoms with Crippen LogP contribution < -0.4 is 4.90 Å². The van der Waals surface area contributed by atoms with Crippen LogP contribution in [0.3, 0.4) is 0 Å². The topological polar surface area (TPSA) is 66.6 Å². The zero-order valence-corrected chi connectivity index (χ0v) is 19.8. The summed E-state index contributed by atoms with van der Waals surface area (Å²) in [5.41, 5.74) is 4.56. The molecule has 6 rings (SSSR count). The SMILES string of the molecule is Cc1cccc(-c2nnc3c4ccccc4nc(N4CCN(C(=O)c5ccccc5)[C@@H](C)C4)n23)c1. The molecule has 0 saturated carbocycles. The zero-order chi connectivity index (χ0) is 23.9. The summed E-state index contributed by atoms with van der Waals surface area (Å²) in [6.45, 7) is 6.14. The first kappa shape index (κ1) is 21.3. The van der Waals surface area contributed by atoms with E-state index in [1.807, 2.05) is 65.6 Å². The van der Waals surface area contributed by atoms with Crippen LogP contribution in [0.4, 0.5) is 5.95 Å². The molecular formula is C28H26N6O. The van der Waals surface area contributed by atoms with E-state index in [4.69, 9.17) is 4.98 Å². The van der Waals surface area contributed by atoms with Crippen molar-refractivity contribution in [3.05, 3.63) is 90.0 Å². The summed E-state index contributed by atoms with van der Waals surface area (Å²) in [4.78, 5) is 22.4. The highest BCUT2D eigenvalue weighted by molar-refractivity contribution is 5.95. The predicted molar refractivity (Wildman–Crippen MR) is 138 cm³/mol. The molecule has 0 N–H and O–H groups in total. The van der Waals surface area contributed by atoms with Crippen LogP contribution in [0.5, 0.6) is 0 Å². The molecule has 35 heavy (non-hydrogen) atoms. The van der Waals surface area contributed by atoms with Crippen molar-refractivity contribution in [1.82, 2.24) is 24.5 Å². The first-order valence-electron chi connectivity index (χ1n) is 11.9. The number of hydrogen-bond donors (Lipinski definition) is 0. The van der Waals surface area contributed by atoms with Gasteiger partial charge in [-0.05, 0) is 44.2 Å². The first-order valence-corrected chi connectivity index (χ1v) is 11.9. The Morgan fingerprint density at radius 3 is 2.51 bits per heavy atom. The summed E-state index contributed by atoms with van der Waals surface area (Å²) < 4.78 is 2.07. The predicted octanol–water partition coefficient (Wildman–Crippen LogP) is 4.60. The molecule has 1 saturated heterocycles. The smallest absolute Gasteiger partial charge is 0.254 e. The molecule has 7 nitrogen and oxygen atoms in total. The van der Waals surface area contributed by atoms with Gasteiger partial charge in [-0.2, -0.15) is 0 Å². The van der Waals surface area contributed by atoms with Crippen LogP contribution in [0, 0.1) is 6.92 Å². The van der Waals surface area contributed by atoms with E-state index < -0.39 is 0 Å². The van der Waals surface area contributed by atoms with Gasteiger partial charge in [0.05, 0.1) is 5.52 Å². The van der Waals surface area contributed by atoms with Crippen LogP contribution in [0.15, 0.2) is 78.9 Å². The van der Waals surface area contributed by atoms with Crippen molar-refractivity contribution in [3.8, 4) is 11.4 Å². The molecule has 0 bridgehead atoms. The molecule has 5 aromatic rings. The number of anilines is 1. The van der Waals surface area contributed by atoms with Gasteiger partial charge in [0.2, 0.25) is 5.95 Å². The minimum atomic E-state index is 0.0266. The number of hydrogen-bond acceptors (Lipinski definition) is 5. The normalized spacial score (nSPS) is 16.2. The van der Waals surface area contributed by atoms with Crippen LogP contribution in [0.25, 0.3) is 27.9 Å². The summed E-state index contributed by atoms with van der Waals surface area (Å²) in [6.07, 6.45) is 0. The Kier molecular flexibility index (Phi) is 5.17. The standard InChI is InChI=1S/C28H26N6O/c1-19-9-8-12-22(17-19)25-30-31-26-23-13-6-7-14-24(23)29-28(34(25)26)32-15-16-33(20(2)18-32)27(35)21-10-4-3-5-11-21/h3-14,17,20H,15-16,18H2,1-2H3/t20-/m0/s1. The molecular weight excluding hydrogens is 436 g/mol. The number of carbonyl (C=O) groups excluding carboxylic acids is 1. The van der Waals surface area contributed by atoms with Crippen molar-refractivity contribution in [2.45, 2.75) is 19.9 Å². The molecule has 0 aliphatic carbocycles. The lowest BCUT2D eigenvalue weighted by molar-refractivity contribution is 0.0673. The number of carbonyl (C=O) groups is 1. The van der Waals surface area contributed by atoms with Crippen LogP contribution >= 0.6 is 0 Å². The number of benzene rings is 3. The van der Waals surface area contributed by atoms with Gasteiger partial charge >= 0.3 is 0 Å². The van der Waals surface area contributed by atoms with Gasteiger partial charge in [0.25, 0.3) is 5.91 Å². The van der Waals surface area contributed by atoms with Crippen LogP contribution in [0.2, 0.25) is 0 Å². The van der Waals surface area contributed by atoms with Gasteiger partial charge in [0.15, 0.2) is 11.5 Å². The lowest BCUT2D eigenvalue weighted by Crippen LogP contribution is -2.54. The van der Waals surface area contributed by atoms with Gasteiger partial charge in [-0.25, -0.2) is 9.38 Å². The minimum Gasteiger partial charge on any atom is -0.338 e. The van der Waals surface area contributed by atoms with Crippen molar-refractivity contribution in [2.24, 2.45) is 0 Å². The molecule has 174 valence electrons. The number of piperazine rings is 1. The summed E-state index contributed by atoms with van der Waals surface area (Å²) >= 11 is 0. The number of rotatable bonds is 3. The maximum Gasteiger partial charge on any atom is 0.254 e. The summed E-state index contributed by atoms with van der Waals surface area (Å²) in [5.74, 6) is 1.64. The Bertz CT molecular complexity index is 1540. The maximum absolute atomic E-state index is 13.1. The molecule has 3 aromatic carbocycles. The largest absolute Gasteiger partial charge is 0.338 e. The Morgan fingerprint density at radius 2 is 1.71 bits per heavy atom. The third-order valence-electron chi connectivity index (χ3n) is 6.70. The van der Waals surface area contributed by atoms with Gasteiger partial charge in [-0.15, -0.1) is 10.2 Å². The second-order valence-corrected chi connectivity index (χ2v) is 9.14. The average molecular weight is 463 g/mol. The number of aromatic nitrogens is 4. The molecule has 7 heteroatoms. The Hall–Kier alpha value is -4.26. The maximum atomic E-state index is 13.1. The van der Waals surface area contributed by atoms with Gasteiger partial charge in [0.1, 0.15) is 0 Å².